The molecule has 29 heavy (non-hydrogen) atoms. The Morgan fingerprint density at radius 1 is 1.00 bits per heavy atom. The molecular formula is C23H33N3O3. The van der Waals surface area contributed by atoms with Crippen molar-refractivity contribution >= 4 is 17.7 Å². The van der Waals surface area contributed by atoms with Crippen LogP contribution >= 0.6 is 0 Å². The van der Waals surface area contributed by atoms with Gasteiger partial charge in [0.1, 0.15) is 0 Å². The standard InChI is InChI=1S/C23H33N3O3/c1-2-21(27)24-20-9-6-14-26(17-20)23(29)19-12-15-25(16-13-19)22(28)11-10-18-7-4-3-5-8-18/h3-5,7-8,19-20H,2,6,9-17H2,1H3,(H,24,27). The number of rotatable bonds is 6. The predicted molar refractivity (Wildman–Crippen MR) is 112 cm³/mol. The van der Waals surface area contributed by atoms with Gasteiger partial charge in [-0.1, -0.05) is 37.3 Å². The summed E-state index contributed by atoms with van der Waals surface area (Å²) in [7, 11) is 0. The molecule has 2 aliphatic heterocycles. The molecule has 1 N–H and O–H groups in total. The number of amides is 3. The fourth-order valence-corrected chi connectivity index (χ4v) is 4.31. The topological polar surface area (TPSA) is 69.7 Å². The molecule has 0 aromatic heterocycles. The van der Waals surface area contributed by atoms with Crippen LogP contribution in [0, 0.1) is 5.92 Å². The molecule has 6 nitrogen and oxygen atoms in total. The van der Waals surface area contributed by atoms with Gasteiger partial charge < -0.3 is 15.1 Å². The molecular weight excluding hydrogens is 366 g/mol. The van der Waals surface area contributed by atoms with Crippen LogP contribution < -0.4 is 5.32 Å². The van der Waals surface area contributed by atoms with E-state index < -0.39 is 0 Å². The summed E-state index contributed by atoms with van der Waals surface area (Å²) in [6.07, 6.45) is 5.09. The zero-order valence-corrected chi connectivity index (χ0v) is 17.4. The van der Waals surface area contributed by atoms with Crippen molar-refractivity contribution in [3.05, 3.63) is 35.9 Å². The van der Waals surface area contributed by atoms with Gasteiger partial charge in [-0.2, -0.15) is 0 Å². The van der Waals surface area contributed by atoms with E-state index in [1.807, 2.05) is 47.1 Å². The second kappa shape index (κ2) is 10.4. The van der Waals surface area contributed by atoms with E-state index in [1.54, 1.807) is 0 Å². The van der Waals surface area contributed by atoms with Crippen LogP contribution in [0.5, 0.6) is 0 Å². The lowest BCUT2D eigenvalue weighted by Crippen LogP contribution is -2.52. The first-order chi connectivity index (χ1) is 14.1. The highest BCUT2D eigenvalue weighted by Gasteiger charge is 2.32. The fourth-order valence-electron chi connectivity index (χ4n) is 4.31. The van der Waals surface area contributed by atoms with Crippen LogP contribution in [0.1, 0.15) is 51.0 Å². The first kappa shape index (κ1) is 21.3. The maximum absolute atomic E-state index is 13.0. The lowest BCUT2D eigenvalue weighted by molar-refractivity contribution is -0.142. The van der Waals surface area contributed by atoms with Crippen molar-refractivity contribution in [3.8, 4) is 0 Å². The molecule has 2 heterocycles. The largest absolute Gasteiger partial charge is 0.352 e. The van der Waals surface area contributed by atoms with E-state index in [0.717, 1.165) is 38.6 Å². The minimum Gasteiger partial charge on any atom is -0.352 e. The van der Waals surface area contributed by atoms with Gasteiger partial charge in [0.15, 0.2) is 0 Å². The Morgan fingerprint density at radius 2 is 1.72 bits per heavy atom. The van der Waals surface area contributed by atoms with Crippen molar-refractivity contribution in [1.82, 2.24) is 15.1 Å². The summed E-state index contributed by atoms with van der Waals surface area (Å²) < 4.78 is 0. The Kier molecular flexibility index (Phi) is 7.67. The van der Waals surface area contributed by atoms with Crippen LogP contribution in [-0.2, 0) is 20.8 Å². The first-order valence-corrected chi connectivity index (χ1v) is 11.0. The van der Waals surface area contributed by atoms with E-state index in [0.29, 0.717) is 32.5 Å². The molecule has 0 aliphatic carbocycles. The van der Waals surface area contributed by atoms with Gasteiger partial charge in [-0.3, -0.25) is 14.4 Å². The molecule has 6 heteroatoms. The van der Waals surface area contributed by atoms with Crippen LogP contribution in [0.4, 0.5) is 0 Å². The molecule has 1 aromatic carbocycles. The average molecular weight is 400 g/mol. The molecule has 0 spiro atoms. The Hall–Kier alpha value is -2.37. The van der Waals surface area contributed by atoms with E-state index >= 15 is 0 Å². The van der Waals surface area contributed by atoms with Crippen LogP contribution in [0.2, 0.25) is 0 Å². The van der Waals surface area contributed by atoms with Crippen LogP contribution in [0.15, 0.2) is 30.3 Å². The second-order valence-corrected chi connectivity index (χ2v) is 8.19. The summed E-state index contributed by atoms with van der Waals surface area (Å²) in [6.45, 7) is 4.55. The molecule has 158 valence electrons. The van der Waals surface area contributed by atoms with Crippen LogP contribution in [-0.4, -0.2) is 59.7 Å². The number of likely N-dealkylation sites (tertiary alicyclic amines) is 2. The van der Waals surface area contributed by atoms with Gasteiger partial charge in [0.25, 0.3) is 0 Å². The van der Waals surface area contributed by atoms with Crippen LogP contribution in [0.3, 0.4) is 0 Å². The minimum absolute atomic E-state index is 0.00574. The number of nitrogens with one attached hydrogen (secondary N) is 1. The highest BCUT2D eigenvalue weighted by molar-refractivity contribution is 5.81. The zero-order chi connectivity index (χ0) is 20.6. The molecule has 2 aliphatic rings. The predicted octanol–water partition coefficient (Wildman–Crippen LogP) is 2.38. The van der Waals surface area contributed by atoms with Crippen molar-refractivity contribution in [2.24, 2.45) is 5.92 Å². The monoisotopic (exact) mass is 399 g/mol. The van der Waals surface area contributed by atoms with Gasteiger partial charge in [0.2, 0.25) is 17.7 Å². The smallest absolute Gasteiger partial charge is 0.225 e. The van der Waals surface area contributed by atoms with Crippen molar-refractivity contribution in [1.29, 1.82) is 0 Å². The van der Waals surface area contributed by atoms with E-state index in [1.165, 1.54) is 5.56 Å². The maximum Gasteiger partial charge on any atom is 0.225 e. The number of nitrogens with zero attached hydrogens (tertiary/aromatic N) is 2. The van der Waals surface area contributed by atoms with Gasteiger partial charge in [-0.15, -0.1) is 0 Å². The van der Waals surface area contributed by atoms with E-state index in [9.17, 15) is 14.4 Å². The summed E-state index contributed by atoms with van der Waals surface area (Å²) in [6, 6.07) is 10.1. The van der Waals surface area contributed by atoms with E-state index in [-0.39, 0.29) is 29.7 Å². The maximum atomic E-state index is 13.0. The molecule has 3 rings (SSSR count). The van der Waals surface area contributed by atoms with Crippen molar-refractivity contribution in [2.45, 2.75) is 57.9 Å². The quantitative estimate of drug-likeness (QED) is 0.798. The van der Waals surface area contributed by atoms with Gasteiger partial charge in [-0.05, 0) is 37.7 Å². The Bertz CT molecular complexity index is 699. The van der Waals surface area contributed by atoms with E-state index in [2.05, 4.69) is 5.32 Å². The third-order valence-corrected chi connectivity index (χ3v) is 6.09. The van der Waals surface area contributed by atoms with Gasteiger partial charge in [0, 0.05) is 51.0 Å². The van der Waals surface area contributed by atoms with Gasteiger partial charge >= 0.3 is 0 Å². The summed E-state index contributed by atoms with van der Waals surface area (Å²) >= 11 is 0. The number of piperidine rings is 2. The number of carbonyl (C=O) groups is 3. The van der Waals surface area contributed by atoms with Gasteiger partial charge in [-0.25, -0.2) is 0 Å². The fraction of sp³-hybridized carbons (Fsp3) is 0.609. The Labute approximate surface area is 173 Å². The average Bonchev–Trinajstić information content (AvgIpc) is 2.78. The SMILES string of the molecule is CCC(=O)NC1CCCN(C(=O)C2CCN(C(=O)CCc3ccccc3)CC2)C1. The van der Waals surface area contributed by atoms with Crippen molar-refractivity contribution < 1.29 is 14.4 Å². The lowest BCUT2D eigenvalue weighted by Gasteiger charge is -2.38. The third kappa shape index (κ3) is 6.05. The van der Waals surface area contributed by atoms with Crippen molar-refractivity contribution in [3.63, 3.8) is 0 Å². The molecule has 3 amide bonds. The molecule has 1 aromatic rings. The number of carbonyl (C=O) groups excluding carboxylic acids is 3. The van der Waals surface area contributed by atoms with Crippen LogP contribution in [0.25, 0.3) is 0 Å². The molecule has 1 atom stereocenters. The highest BCUT2D eigenvalue weighted by Crippen LogP contribution is 2.23. The van der Waals surface area contributed by atoms with Gasteiger partial charge in [0.05, 0.1) is 0 Å². The molecule has 2 saturated heterocycles. The zero-order valence-electron chi connectivity index (χ0n) is 17.4. The summed E-state index contributed by atoms with van der Waals surface area (Å²) in [5.74, 6) is 0.414. The minimum atomic E-state index is -0.00574. The number of hydrogen-bond acceptors (Lipinski definition) is 3. The highest BCUT2D eigenvalue weighted by atomic mass is 16.2. The molecule has 0 saturated carbocycles. The molecule has 2 fully saturated rings. The Morgan fingerprint density at radius 3 is 2.41 bits per heavy atom. The summed E-state index contributed by atoms with van der Waals surface area (Å²) in [5, 5.41) is 3.02. The Balaban J connectivity index is 1.43. The number of benzene rings is 1. The third-order valence-electron chi connectivity index (χ3n) is 6.09. The molecule has 1 unspecified atom stereocenters. The van der Waals surface area contributed by atoms with Crippen molar-refractivity contribution in [2.75, 3.05) is 26.2 Å². The molecule has 0 radical (unpaired) electrons. The lowest BCUT2D eigenvalue weighted by atomic mass is 9.93. The molecule has 0 bridgehead atoms. The first-order valence-electron chi connectivity index (χ1n) is 11.0. The second-order valence-electron chi connectivity index (χ2n) is 8.19. The summed E-state index contributed by atoms with van der Waals surface area (Å²) in [5.41, 5.74) is 1.18. The number of aryl methyl sites for hydroxylation is 1. The summed E-state index contributed by atoms with van der Waals surface area (Å²) in [4.78, 5) is 40.9. The number of hydrogen-bond donors (Lipinski definition) is 1. The normalized spacial score (nSPS) is 20.4. The van der Waals surface area contributed by atoms with E-state index in [4.69, 9.17) is 0 Å².